The number of halogens is 1. The maximum absolute atomic E-state index is 13.0. The Bertz CT molecular complexity index is 622. The first-order valence-electron chi connectivity index (χ1n) is 5.23. The summed E-state index contributed by atoms with van der Waals surface area (Å²) in [5.41, 5.74) is 4.68. The van der Waals surface area contributed by atoms with Crippen molar-refractivity contribution in [3.63, 3.8) is 0 Å². The van der Waals surface area contributed by atoms with Crippen molar-refractivity contribution in [2.75, 3.05) is 0 Å². The molecule has 0 spiro atoms. The van der Waals surface area contributed by atoms with Gasteiger partial charge in [-0.15, -0.1) is 0 Å². The Morgan fingerprint density at radius 1 is 1.53 bits per heavy atom. The quantitative estimate of drug-likeness (QED) is 0.658. The average Bonchev–Trinajstić information content (AvgIpc) is 2.73. The van der Waals surface area contributed by atoms with Crippen LogP contribution >= 0.6 is 0 Å². The zero-order valence-corrected chi connectivity index (χ0v) is 9.62. The molecule has 1 heterocycles. The average molecular weight is 264 g/mol. The Balaban J connectivity index is 2.34. The predicted octanol–water partition coefficient (Wildman–Crippen LogP) is 1.08. The summed E-state index contributed by atoms with van der Waals surface area (Å²) in [4.78, 5) is 21.0. The number of carbonyl (C=O) groups is 1. The minimum atomic E-state index is -0.982. The topological polar surface area (TPSA) is 104 Å². The number of rotatable bonds is 4. The van der Waals surface area contributed by atoms with Gasteiger partial charge in [-0.05, 0) is 17.7 Å². The summed E-state index contributed by atoms with van der Waals surface area (Å²) in [6.45, 7) is 0.103. The zero-order valence-electron chi connectivity index (χ0n) is 9.62. The highest BCUT2D eigenvalue weighted by Crippen LogP contribution is 2.17. The lowest BCUT2D eigenvalue weighted by atomic mass is 10.2. The van der Waals surface area contributed by atoms with E-state index < -0.39 is 28.0 Å². The van der Waals surface area contributed by atoms with E-state index in [1.54, 1.807) is 6.07 Å². The lowest BCUT2D eigenvalue weighted by Crippen LogP contribution is -2.14. The van der Waals surface area contributed by atoms with E-state index in [1.807, 2.05) is 0 Å². The number of hydrogen-bond acceptors (Lipinski definition) is 4. The minimum absolute atomic E-state index is 0.103. The molecular formula is C11H9FN4O3. The lowest BCUT2D eigenvalue weighted by Gasteiger charge is -2.00. The second-order valence-electron chi connectivity index (χ2n) is 3.81. The molecule has 7 nitrogen and oxygen atoms in total. The van der Waals surface area contributed by atoms with Crippen molar-refractivity contribution in [2.24, 2.45) is 5.73 Å². The summed E-state index contributed by atoms with van der Waals surface area (Å²) in [5.74, 6) is -1.40. The molecule has 0 radical (unpaired) electrons. The maximum atomic E-state index is 13.0. The van der Waals surface area contributed by atoms with E-state index in [1.165, 1.54) is 22.9 Å². The van der Waals surface area contributed by atoms with E-state index >= 15 is 0 Å². The van der Waals surface area contributed by atoms with Crippen molar-refractivity contribution in [1.29, 1.82) is 0 Å². The van der Waals surface area contributed by atoms with Gasteiger partial charge in [0.05, 0.1) is 11.5 Å². The second kappa shape index (κ2) is 4.84. The highest BCUT2D eigenvalue weighted by molar-refractivity contribution is 5.94. The summed E-state index contributed by atoms with van der Waals surface area (Å²) in [6.07, 6.45) is 1.09. The van der Waals surface area contributed by atoms with Crippen molar-refractivity contribution >= 4 is 11.6 Å². The molecule has 8 heteroatoms. The molecule has 98 valence electrons. The van der Waals surface area contributed by atoms with E-state index in [9.17, 15) is 19.3 Å². The fourth-order valence-corrected chi connectivity index (χ4v) is 1.62. The van der Waals surface area contributed by atoms with Crippen LogP contribution in [0.25, 0.3) is 0 Å². The molecule has 1 amide bonds. The van der Waals surface area contributed by atoms with Crippen LogP contribution in [-0.2, 0) is 6.54 Å². The highest BCUT2D eigenvalue weighted by atomic mass is 19.1. The molecule has 1 aromatic carbocycles. The first-order valence-corrected chi connectivity index (χ1v) is 5.23. The van der Waals surface area contributed by atoms with Gasteiger partial charge in [-0.3, -0.25) is 19.6 Å². The van der Waals surface area contributed by atoms with Gasteiger partial charge in [0.15, 0.2) is 0 Å². The van der Waals surface area contributed by atoms with E-state index in [0.717, 1.165) is 6.20 Å². The Kier molecular flexibility index (Phi) is 3.23. The van der Waals surface area contributed by atoms with Crippen LogP contribution < -0.4 is 5.73 Å². The number of nitro groups is 1. The van der Waals surface area contributed by atoms with Gasteiger partial charge >= 0.3 is 5.69 Å². The third-order valence-corrected chi connectivity index (χ3v) is 2.41. The number of carbonyl (C=O) groups excluding carboxylic acids is 1. The van der Waals surface area contributed by atoms with Gasteiger partial charge < -0.3 is 5.73 Å². The molecular weight excluding hydrogens is 255 g/mol. The lowest BCUT2D eigenvalue weighted by molar-refractivity contribution is -0.385. The van der Waals surface area contributed by atoms with E-state index in [0.29, 0.717) is 5.56 Å². The number of nitrogens with zero attached hydrogens (tertiary/aromatic N) is 3. The standard InChI is InChI=1S/C11H9FN4O3/c12-8-3-1-2-7(4-8)5-15-6-9(16(18)19)10(14-15)11(13)17/h1-4,6H,5H2,(H2,13,17). The third-order valence-electron chi connectivity index (χ3n) is 2.41. The molecule has 0 fully saturated rings. The van der Waals surface area contributed by atoms with Crippen LogP contribution in [0, 0.1) is 15.9 Å². The van der Waals surface area contributed by atoms with Gasteiger partial charge in [0.25, 0.3) is 5.91 Å². The predicted molar refractivity (Wildman–Crippen MR) is 62.9 cm³/mol. The van der Waals surface area contributed by atoms with Gasteiger partial charge in [0, 0.05) is 0 Å². The molecule has 0 aliphatic carbocycles. The molecule has 0 bridgehead atoms. The molecule has 19 heavy (non-hydrogen) atoms. The fourth-order valence-electron chi connectivity index (χ4n) is 1.62. The Morgan fingerprint density at radius 2 is 2.26 bits per heavy atom. The minimum Gasteiger partial charge on any atom is -0.364 e. The van der Waals surface area contributed by atoms with Crippen molar-refractivity contribution in [3.05, 3.63) is 57.7 Å². The largest absolute Gasteiger partial charge is 0.364 e. The molecule has 0 saturated carbocycles. The highest BCUT2D eigenvalue weighted by Gasteiger charge is 2.23. The van der Waals surface area contributed by atoms with Gasteiger partial charge in [0.1, 0.15) is 12.0 Å². The second-order valence-corrected chi connectivity index (χ2v) is 3.81. The number of hydrogen-bond donors (Lipinski definition) is 1. The van der Waals surface area contributed by atoms with E-state index in [2.05, 4.69) is 5.10 Å². The van der Waals surface area contributed by atoms with E-state index in [-0.39, 0.29) is 6.54 Å². The summed E-state index contributed by atoms with van der Waals surface area (Å²) in [6, 6.07) is 5.71. The number of aromatic nitrogens is 2. The van der Waals surface area contributed by atoms with Crippen molar-refractivity contribution in [2.45, 2.75) is 6.54 Å². The van der Waals surface area contributed by atoms with Crippen LogP contribution in [0.3, 0.4) is 0 Å². The SMILES string of the molecule is NC(=O)c1nn(Cc2cccc(F)c2)cc1[N+](=O)[O-]. The molecule has 0 saturated heterocycles. The smallest absolute Gasteiger partial charge is 0.320 e. The van der Waals surface area contributed by atoms with Crippen molar-refractivity contribution in [3.8, 4) is 0 Å². The van der Waals surface area contributed by atoms with Crippen LogP contribution in [0.4, 0.5) is 10.1 Å². The molecule has 2 aromatic rings. The fraction of sp³-hybridized carbons (Fsp3) is 0.0909. The molecule has 2 rings (SSSR count). The number of benzene rings is 1. The van der Waals surface area contributed by atoms with E-state index in [4.69, 9.17) is 5.73 Å². The summed E-state index contributed by atoms with van der Waals surface area (Å²) < 4.78 is 14.2. The van der Waals surface area contributed by atoms with Gasteiger partial charge in [-0.25, -0.2) is 4.39 Å². The normalized spacial score (nSPS) is 10.4. The van der Waals surface area contributed by atoms with Crippen molar-refractivity contribution < 1.29 is 14.1 Å². The molecule has 0 unspecified atom stereocenters. The Labute approximate surface area is 106 Å². The Hall–Kier alpha value is -2.77. The Morgan fingerprint density at radius 3 is 2.79 bits per heavy atom. The first kappa shape index (κ1) is 12.7. The molecule has 0 aliphatic heterocycles. The van der Waals surface area contributed by atoms with Crippen LogP contribution in [-0.4, -0.2) is 20.6 Å². The first-order chi connectivity index (χ1) is 8.97. The van der Waals surface area contributed by atoms with Crippen molar-refractivity contribution in [1.82, 2.24) is 9.78 Å². The third kappa shape index (κ3) is 2.73. The summed E-state index contributed by atoms with van der Waals surface area (Å²) >= 11 is 0. The van der Waals surface area contributed by atoms with Crippen LogP contribution in [0.15, 0.2) is 30.5 Å². The van der Waals surface area contributed by atoms with Gasteiger partial charge in [-0.2, -0.15) is 5.10 Å². The van der Waals surface area contributed by atoms with Gasteiger partial charge in [-0.1, -0.05) is 12.1 Å². The summed E-state index contributed by atoms with van der Waals surface area (Å²) in [7, 11) is 0. The molecule has 2 N–H and O–H groups in total. The van der Waals surface area contributed by atoms with Crippen LogP contribution in [0.5, 0.6) is 0 Å². The maximum Gasteiger partial charge on any atom is 0.320 e. The number of nitrogens with two attached hydrogens (primary N) is 1. The monoisotopic (exact) mass is 264 g/mol. The van der Waals surface area contributed by atoms with Crippen LogP contribution in [0.2, 0.25) is 0 Å². The molecule has 0 aliphatic rings. The molecule has 1 aromatic heterocycles. The number of primary amides is 1. The summed E-state index contributed by atoms with van der Waals surface area (Å²) in [5, 5.41) is 14.5. The van der Waals surface area contributed by atoms with Gasteiger partial charge in [0.2, 0.25) is 5.69 Å². The molecule has 0 atom stereocenters. The number of amides is 1. The zero-order chi connectivity index (χ0) is 14.0. The van der Waals surface area contributed by atoms with Crippen LogP contribution in [0.1, 0.15) is 16.1 Å².